The Bertz CT molecular complexity index is 581. The molecule has 3 rings (SSSR count). The van der Waals surface area contributed by atoms with Crippen LogP contribution in [0.15, 0.2) is 6.20 Å². The van der Waals surface area contributed by atoms with E-state index in [2.05, 4.69) is 19.9 Å². The van der Waals surface area contributed by atoms with Crippen molar-refractivity contribution in [1.29, 1.82) is 0 Å². The minimum atomic E-state index is 0.242. The zero-order valence-electron chi connectivity index (χ0n) is 11.2. The zero-order chi connectivity index (χ0) is 13.4. The van der Waals surface area contributed by atoms with Gasteiger partial charge in [0.25, 0.3) is 0 Å². The van der Waals surface area contributed by atoms with Crippen molar-refractivity contribution in [1.82, 2.24) is 24.5 Å². The summed E-state index contributed by atoms with van der Waals surface area (Å²) < 4.78 is 9.37. The first-order valence-corrected chi connectivity index (χ1v) is 6.46. The first kappa shape index (κ1) is 12.2. The quantitative estimate of drug-likeness (QED) is 0.882. The molecule has 2 aromatic heterocycles. The average Bonchev–Trinajstić information content (AvgIpc) is 3.08. The van der Waals surface area contributed by atoms with Crippen LogP contribution in [0.5, 0.6) is 0 Å². The predicted molar refractivity (Wildman–Crippen MR) is 70.3 cm³/mol. The lowest BCUT2D eigenvalue weighted by Gasteiger charge is -2.13. The second kappa shape index (κ2) is 4.65. The molecule has 0 spiro atoms. The Morgan fingerprint density at radius 1 is 1.47 bits per heavy atom. The van der Waals surface area contributed by atoms with E-state index < -0.39 is 0 Å². The van der Waals surface area contributed by atoms with Crippen LogP contribution in [0.2, 0.25) is 0 Å². The molecule has 19 heavy (non-hydrogen) atoms. The largest absolute Gasteiger partial charge is 0.383 e. The van der Waals surface area contributed by atoms with Crippen molar-refractivity contribution in [2.24, 2.45) is 7.05 Å². The van der Waals surface area contributed by atoms with Crippen molar-refractivity contribution in [2.75, 3.05) is 12.3 Å². The zero-order valence-corrected chi connectivity index (χ0v) is 11.2. The summed E-state index contributed by atoms with van der Waals surface area (Å²) >= 11 is 0. The summed E-state index contributed by atoms with van der Waals surface area (Å²) in [6, 6.07) is 0. The Hall–Kier alpha value is -1.89. The van der Waals surface area contributed by atoms with E-state index >= 15 is 0 Å². The summed E-state index contributed by atoms with van der Waals surface area (Å²) in [6.45, 7) is 3.55. The SMILES string of the molecule is Cc1nnc(-c2cnn(C)c2N)n1C[C@H]1CCCO1. The Kier molecular flexibility index (Phi) is 2.98. The van der Waals surface area contributed by atoms with Gasteiger partial charge in [0.15, 0.2) is 5.82 Å². The van der Waals surface area contributed by atoms with Crippen LogP contribution in [0.25, 0.3) is 11.4 Å². The van der Waals surface area contributed by atoms with Crippen molar-refractivity contribution < 1.29 is 4.74 Å². The van der Waals surface area contributed by atoms with Gasteiger partial charge >= 0.3 is 0 Å². The van der Waals surface area contributed by atoms with Gasteiger partial charge in [-0.05, 0) is 19.8 Å². The van der Waals surface area contributed by atoms with E-state index in [0.29, 0.717) is 5.82 Å². The van der Waals surface area contributed by atoms with Gasteiger partial charge in [-0.2, -0.15) is 5.10 Å². The van der Waals surface area contributed by atoms with E-state index in [0.717, 1.165) is 43.2 Å². The predicted octanol–water partition coefficient (Wildman–Crippen LogP) is 0.748. The molecule has 0 aliphatic carbocycles. The molecule has 3 heterocycles. The smallest absolute Gasteiger partial charge is 0.169 e. The van der Waals surface area contributed by atoms with Crippen LogP contribution < -0.4 is 5.73 Å². The topological polar surface area (TPSA) is 83.8 Å². The molecule has 7 nitrogen and oxygen atoms in total. The third kappa shape index (κ3) is 2.10. The van der Waals surface area contributed by atoms with Crippen molar-refractivity contribution in [3.8, 4) is 11.4 Å². The average molecular weight is 262 g/mol. The second-order valence-electron chi connectivity index (χ2n) is 4.88. The van der Waals surface area contributed by atoms with Crippen LogP contribution in [0.1, 0.15) is 18.7 Å². The standard InChI is InChI=1S/C12H18N6O/c1-8-15-16-12(10-6-14-17(2)11(10)13)18(8)7-9-4-3-5-19-9/h6,9H,3-5,7,13H2,1-2H3/t9-/m1/s1. The Balaban J connectivity index is 1.95. The summed E-state index contributed by atoms with van der Waals surface area (Å²) in [4.78, 5) is 0. The number of nitrogens with zero attached hydrogens (tertiary/aromatic N) is 5. The molecule has 1 saturated heterocycles. The highest BCUT2D eigenvalue weighted by Gasteiger charge is 2.21. The van der Waals surface area contributed by atoms with Gasteiger partial charge in [0.2, 0.25) is 0 Å². The highest BCUT2D eigenvalue weighted by atomic mass is 16.5. The van der Waals surface area contributed by atoms with Gasteiger partial charge in [-0.25, -0.2) is 0 Å². The number of hydrogen-bond donors (Lipinski definition) is 1. The van der Waals surface area contributed by atoms with Crippen LogP contribution in [-0.4, -0.2) is 37.3 Å². The molecule has 2 aromatic rings. The lowest BCUT2D eigenvalue weighted by molar-refractivity contribution is 0.0968. The first-order valence-electron chi connectivity index (χ1n) is 6.46. The molecule has 1 aliphatic heterocycles. The van der Waals surface area contributed by atoms with Gasteiger partial charge in [-0.3, -0.25) is 4.68 Å². The highest BCUT2D eigenvalue weighted by Crippen LogP contribution is 2.25. The lowest BCUT2D eigenvalue weighted by atomic mass is 10.2. The van der Waals surface area contributed by atoms with E-state index in [4.69, 9.17) is 10.5 Å². The molecule has 1 aliphatic rings. The van der Waals surface area contributed by atoms with Gasteiger partial charge < -0.3 is 15.0 Å². The number of aromatic nitrogens is 5. The number of ether oxygens (including phenoxy) is 1. The fourth-order valence-electron chi connectivity index (χ4n) is 2.41. The van der Waals surface area contributed by atoms with E-state index in [1.807, 2.05) is 14.0 Å². The molecule has 0 amide bonds. The summed E-state index contributed by atoms with van der Waals surface area (Å²) in [5.74, 6) is 2.23. The summed E-state index contributed by atoms with van der Waals surface area (Å²) in [5.41, 5.74) is 6.83. The van der Waals surface area contributed by atoms with Crippen LogP contribution in [0.3, 0.4) is 0 Å². The minimum Gasteiger partial charge on any atom is -0.383 e. The minimum absolute atomic E-state index is 0.242. The van der Waals surface area contributed by atoms with Crippen LogP contribution >= 0.6 is 0 Å². The van der Waals surface area contributed by atoms with Gasteiger partial charge in [-0.15, -0.1) is 10.2 Å². The van der Waals surface area contributed by atoms with Crippen LogP contribution in [-0.2, 0) is 18.3 Å². The fourth-order valence-corrected chi connectivity index (χ4v) is 2.41. The molecule has 0 radical (unpaired) electrons. The van der Waals surface area contributed by atoms with Gasteiger partial charge in [-0.1, -0.05) is 0 Å². The Labute approximate surface area is 111 Å². The molecule has 2 N–H and O–H groups in total. The van der Waals surface area contributed by atoms with Gasteiger partial charge in [0.1, 0.15) is 11.6 Å². The number of hydrogen-bond acceptors (Lipinski definition) is 5. The molecular weight excluding hydrogens is 244 g/mol. The summed E-state index contributed by atoms with van der Waals surface area (Å²) in [5, 5.41) is 12.5. The number of anilines is 1. The summed E-state index contributed by atoms with van der Waals surface area (Å²) in [6.07, 6.45) is 4.17. The first-order chi connectivity index (χ1) is 9.16. The maximum atomic E-state index is 6.01. The highest BCUT2D eigenvalue weighted by molar-refractivity contribution is 5.68. The number of nitrogens with two attached hydrogens (primary N) is 1. The molecule has 0 aromatic carbocycles. The monoisotopic (exact) mass is 262 g/mol. The van der Waals surface area contributed by atoms with Crippen molar-refractivity contribution >= 4 is 5.82 Å². The summed E-state index contributed by atoms with van der Waals surface area (Å²) in [7, 11) is 1.81. The molecule has 0 unspecified atom stereocenters. The maximum absolute atomic E-state index is 6.01. The molecule has 1 atom stereocenters. The second-order valence-corrected chi connectivity index (χ2v) is 4.88. The molecular formula is C12H18N6O. The van der Waals surface area contributed by atoms with Crippen LogP contribution in [0.4, 0.5) is 5.82 Å². The number of aryl methyl sites for hydroxylation is 2. The fraction of sp³-hybridized carbons (Fsp3) is 0.583. The molecule has 102 valence electrons. The third-order valence-electron chi connectivity index (χ3n) is 3.57. The Morgan fingerprint density at radius 3 is 2.95 bits per heavy atom. The molecule has 0 bridgehead atoms. The number of nitrogen functional groups attached to an aromatic ring is 1. The number of rotatable bonds is 3. The van der Waals surface area contributed by atoms with Crippen molar-refractivity contribution in [3.05, 3.63) is 12.0 Å². The van der Waals surface area contributed by atoms with E-state index in [1.54, 1.807) is 10.9 Å². The van der Waals surface area contributed by atoms with E-state index in [1.165, 1.54) is 0 Å². The molecule has 1 fully saturated rings. The normalized spacial score (nSPS) is 19.2. The molecule has 7 heteroatoms. The van der Waals surface area contributed by atoms with Crippen molar-refractivity contribution in [3.63, 3.8) is 0 Å². The van der Waals surface area contributed by atoms with E-state index in [-0.39, 0.29) is 6.10 Å². The van der Waals surface area contributed by atoms with E-state index in [9.17, 15) is 0 Å². The van der Waals surface area contributed by atoms with Gasteiger partial charge in [0.05, 0.1) is 24.4 Å². The van der Waals surface area contributed by atoms with Crippen LogP contribution in [0, 0.1) is 6.92 Å². The third-order valence-corrected chi connectivity index (χ3v) is 3.57. The Morgan fingerprint density at radius 2 is 2.32 bits per heavy atom. The maximum Gasteiger partial charge on any atom is 0.169 e. The van der Waals surface area contributed by atoms with Crippen molar-refractivity contribution in [2.45, 2.75) is 32.4 Å². The molecule has 0 saturated carbocycles. The van der Waals surface area contributed by atoms with Gasteiger partial charge in [0, 0.05) is 13.7 Å². The lowest BCUT2D eigenvalue weighted by Crippen LogP contribution is -2.17.